The zero-order chi connectivity index (χ0) is 14.3. The highest BCUT2D eigenvalue weighted by molar-refractivity contribution is 5.19. The van der Waals surface area contributed by atoms with Crippen molar-refractivity contribution >= 4 is 0 Å². The fraction of sp³-hybridized carbons (Fsp3) is 0.667. The lowest BCUT2D eigenvalue weighted by Crippen LogP contribution is -2.68. The van der Waals surface area contributed by atoms with E-state index in [0.29, 0.717) is 11.5 Å². The smallest absolute Gasteiger partial charge is 0.112 e. The minimum absolute atomic E-state index is 0.330. The molecule has 3 aliphatic carbocycles. The summed E-state index contributed by atoms with van der Waals surface area (Å²) in [7, 11) is 0. The van der Waals surface area contributed by atoms with Crippen LogP contribution in [0.4, 0.5) is 4.39 Å². The number of likely N-dealkylation sites (tertiary alicyclic amines) is 1. The molecule has 1 aromatic carbocycles. The first kappa shape index (κ1) is 13.7. The van der Waals surface area contributed by atoms with Crippen LogP contribution in [0.3, 0.4) is 0 Å². The van der Waals surface area contributed by atoms with Crippen molar-refractivity contribution in [3.63, 3.8) is 0 Å². The fourth-order valence-electron chi connectivity index (χ4n) is 4.62. The molecule has 1 saturated heterocycles. The molecule has 1 aliphatic heterocycles. The van der Waals surface area contributed by atoms with Crippen LogP contribution in [0, 0.1) is 5.41 Å². The Morgan fingerprint density at radius 3 is 2.67 bits per heavy atom. The Morgan fingerprint density at radius 1 is 1.19 bits per heavy atom. The first-order valence-electron chi connectivity index (χ1n) is 8.34. The molecule has 1 heterocycles. The first-order chi connectivity index (χ1) is 10.1. The zero-order valence-electron chi connectivity index (χ0n) is 12.7. The quantitative estimate of drug-likeness (QED) is 0.895. The van der Waals surface area contributed by atoms with Gasteiger partial charge in [0.1, 0.15) is 5.67 Å². The summed E-state index contributed by atoms with van der Waals surface area (Å²) in [5.74, 6) is 0. The number of hydrogen-bond donors (Lipinski definition) is 1. The number of nitrogens with one attached hydrogen (secondary N) is 1. The van der Waals surface area contributed by atoms with Gasteiger partial charge in [-0.15, -0.1) is 0 Å². The van der Waals surface area contributed by atoms with Gasteiger partial charge in [-0.1, -0.05) is 30.3 Å². The van der Waals surface area contributed by atoms with Crippen molar-refractivity contribution in [1.82, 2.24) is 10.2 Å². The van der Waals surface area contributed by atoms with Crippen LogP contribution >= 0.6 is 0 Å². The molecular formula is C18H25FN2. The molecule has 0 spiro atoms. The van der Waals surface area contributed by atoms with Gasteiger partial charge < -0.3 is 5.32 Å². The van der Waals surface area contributed by atoms with Crippen molar-refractivity contribution in [2.24, 2.45) is 5.41 Å². The number of halogens is 1. The number of benzene rings is 1. The van der Waals surface area contributed by atoms with E-state index < -0.39 is 5.67 Å². The number of rotatable bonds is 5. The number of piperidine rings is 1. The summed E-state index contributed by atoms with van der Waals surface area (Å²) in [6, 6.07) is 11.3. The minimum Gasteiger partial charge on any atom is -0.312 e. The summed E-state index contributed by atoms with van der Waals surface area (Å²) in [6.45, 7) is 4.41. The fourth-order valence-corrected chi connectivity index (χ4v) is 4.62. The highest BCUT2D eigenvalue weighted by Crippen LogP contribution is 2.69. The third kappa shape index (κ3) is 2.74. The van der Waals surface area contributed by atoms with Crippen molar-refractivity contribution in [2.75, 3.05) is 19.6 Å². The third-order valence-corrected chi connectivity index (χ3v) is 5.60. The van der Waals surface area contributed by atoms with Crippen molar-refractivity contribution in [2.45, 2.75) is 50.4 Å². The van der Waals surface area contributed by atoms with Crippen molar-refractivity contribution in [1.29, 1.82) is 0 Å². The SMILES string of the molecule is FC12CC(CNC3CCCN(Cc4ccccc4)C3)(C1)C2. The van der Waals surface area contributed by atoms with Gasteiger partial charge in [0.2, 0.25) is 0 Å². The van der Waals surface area contributed by atoms with Crippen molar-refractivity contribution in [3.8, 4) is 0 Å². The summed E-state index contributed by atoms with van der Waals surface area (Å²) in [4.78, 5) is 2.55. The second-order valence-corrected chi connectivity index (χ2v) is 7.62. The van der Waals surface area contributed by atoms with Crippen molar-refractivity contribution < 1.29 is 4.39 Å². The number of alkyl halides is 1. The van der Waals surface area contributed by atoms with Crippen LogP contribution in [-0.4, -0.2) is 36.2 Å². The van der Waals surface area contributed by atoms with E-state index in [-0.39, 0.29) is 0 Å². The molecule has 114 valence electrons. The van der Waals surface area contributed by atoms with E-state index in [9.17, 15) is 4.39 Å². The molecule has 5 rings (SSSR count). The number of hydrogen-bond acceptors (Lipinski definition) is 2. The van der Waals surface area contributed by atoms with Crippen LogP contribution in [0.5, 0.6) is 0 Å². The average molecular weight is 288 g/mol. The van der Waals surface area contributed by atoms with E-state index in [1.54, 1.807) is 0 Å². The van der Waals surface area contributed by atoms with Gasteiger partial charge in [-0.25, -0.2) is 4.39 Å². The molecule has 3 heteroatoms. The van der Waals surface area contributed by atoms with E-state index in [4.69, 9.17) is 0 Å². The summed E-state index contributed by atoms with van der Waals surface area (Å²) < 4.78 is 13.5. The lowest BCUT2D eigenvalue weighted by molar-refractivity contribution is -0.210. The van der Waals surface area contributed by atoms with Gasteiger partial charge in [0.05, 0.1) is 0 Å². The van der Waals surface area contributed by atoms with E-state index >= 15 is 0 Å². The first-order valence-corrected chi connectivity index (χ1v) is 8.34. The van der Waals surface area contributed by atoms with Gasteiger partial charge in [0.15, 0.2) is 0 Å². The van der Waals surface area contributed by atoms with Gasteiger partial charge in [0.25, 0.3) is 0 Å². The highest BCUT2D eigenvalue weighted by Gasteiger charge is 2.68. The molecule has 0 aromatic heterocycles. The largest absolute Gasteiger partial charge is 0.312 e. The monoisotopic (exact) mass is 288 g/mol. The maximum absolute atomic E-state index is 13.5. The summed E-state index contributed by atoms with van der Waals surface area (Å²) in [6.07, 6.45) is 4.97. The molecule has 3 saturated carbocycles. The van der Waals surface area contributed by atoms with E-state index in [1.165, 1.54) is 24.9 Å². The van der Waals surface area contributed by atoms with Crippen molar-refractivity contribution in [3.05, 3.63) is 35.9 Å². The van der Waals surface area contributed by atoms with Crippen LogP contribution < -0.4 is 5.32 Å². The molecule has 1 atom stereocenters. The third-order valence-electron chi connectivity index (χ3n) is 5.60. The molecule has 0 radical (unpaired) electrons. The Hall–Kier alpha value is -0.930. The lowest BCUT2D eigenvalue weighted by atomic mass is 9.42. The Balaban J connectivity index is 1.25. The molecule has 4 fully saturated rings. The van der Waals surface area contributed by atoms with Gasteiger partial charge in [-0.2, -0.15) is 0 Å². The van der Waals surface area contributed by atoms with Crippen LogP contribution in [-0.2, 0) is 6.54 Å². The van der Waals surface area contributed by atoms with E-state index in [0.717, 1.165) is 38.9 Å². The van der Waals surface area contributed by atoms with Crippen LogP contribution in [0.2, 0.25) is 0 Å². The Labute approximate surface area is 126 Å². The molecule has 0 amide bonds. The zero-order valence-corrected chi connectivity index (χ0v) is 12.7. The second-order valence-electron chi connectivity index (χ2n) is 7.62. The molecule has 2 nitrogen and oxygen atoms in total. The maximum atomic E-state index is 13.5. The maximum Gasteiger partial charge on any atom is 0.112 e. The summed E-state index contributed by atoms with van der Waals surface area (Å²) in [5.41, 5.74) is 0.973. The van der Waals surface area contributed by atoms with Crippen LogP contribution in [0.25, 0.3) is 0 Å². The molecule has 21 heavy (non-hydrogen) atoms. The Bertz CT molecular complexity index is 481. The van der Waals surface area contributed by atoms with Gasteiger partial charge in [-0.3, -0.25) is 4.90 Å². The van der Waals surface area contributed by atoms with Gasteiger partial charge in [0, 0.05) is 25.7 Å². The summed E-state index contributed by atoms with van der Waals surface area (Å²) >= 11 is 0. The van der Waals surface area contributed by atoms with Gasteiger partial charge >= 0.3 is 0 Å². The molecule has 1 aromatic rings. The highest BCUT2D eigenvalue weighted by atomic mass is 19.1. The molecule has 2 bridgehead atoms. The number of nitrogens with zero attached hydrogens (tertiary/aromatic N) is 1. The predicted molar refractivity (Wildman–Crippen MR) is 82.9 cm³/mol. The summed E-state index contributed by atoms with van der Waals surface area (Å²) in [5, 5.41) is 3.73. The second kappa shape index (κ2) is 5.06. The standard InChI is InChI=1S/C18H25FN2/c19-18-11-17(12-18,13-18)14-20-16-7-4-8-21(10-16)9-15-5-2-1-3-6-15/h1-3,5-6,16,20H,4,7-14H2. The van der Waals surface area contributed by atoms with Gasteiger partial charge in [-0.05, 0) is 49.6 Å². The predicted octanol–water partition coefficient (Wildman–Crippen LogP) is 3.13. The molecular weight excluding hydrogens is 263 g/mol. The lowest BCUT2D eigenvalue weighted by Gasteiger charge is -2.66. The van der Waals surface area contributed by atoms with E-state index in [2.05, 4.69) is 40.5 Å². The van der Waals surface area contributed by atoms with E-state index in [1.807, 2.05) is 0 Å². The molecule has 1 unspecified atom stereocenters. The topological polar surface area (TPSA) is 15.3 Å². The van der Waals surface area contributed by atoms with Crippen LogP contribution in [0.1, 0.15) is 37.7 Å². The minimum atomic E-state index is -0.756. The van der Waals surface area contributed by atoms with Crippen LogP contribution in [0.15, 0.2) is 30.3 Å². The Kier molecular flexibility index (Phi) is 3.31. The molecule has 1 N–H and O–H groups in total. The Morgan fingerprint density at radius 2 is 1.95 bits per heavy atom. The molecule has 4 aliphatic rings. The average Bonchev–Trinajstić information content (AvgIpc) is 2.43. The normalized spacial score (nSPS) is 38.6.